The molecule has 0 aliphatic carbocycles. The maximum atomic E-state index is 12.2. The number of rotatable bonds is 6. The average Bonchev–Trinajstić information content (AvgIpc) is 2.76. The Kier molecular flexibility index (Phi) is 5.88. The Labute approximate surface area is 182 Å². The Hall–Kier alpha value is -3.09. The van der Waals surface area contributed by atoms with Crippen LogP contribution >= 0.6 is 23.2 Å². The van der Waals surface area contributed by atoms with E-state index in [1.54, 1.807) is 43.6 Å². The standard InChI is InChI=1S/C22H17Cl2N3O3/c1-29-15-3-4-16-20(13-15)25-9-8-21(16)30-11-10-27-22(28)7-6-19(26-27)14-2-5-17(23)18(24)12-14/h2-9,12-13H,10-11H2,1H3. The molecule has 2 aromatic heterocycles. The fraction of sp³-hybridized carbons (Fsp3) is 0.136. The number of methoxy groups -OCH3 is 1. The molecule has 2 aromatic carbocycles. The first-order valence-corrected chi connectivity index (χ1v) is 9.90. The third-order valence-electron chi connectivity index (χ3n) is 4.55. The van der Waals surface area contributed by atoms with Crippen LogP contribution in [0.3, 0.4) is 0 Å². The summed E-state index contributed by atoms with van der Waals surface area (Å²) in [5.74, 6) is 1.40. The van der Waals surface area contributed by atoms with Crippen LogP contribution in [0.15, 0.2) is 65.6 Å². The molecule has 4 aromatic rings. The smallest absolute Gasteiger partial charge is 0.266 e. The molecule has 0 aliphatic rings. The topological polar surface area (TPSA) is 66.2 Å². The molecule has 0 aliphatic heterocycles. The number of ether oxygens (including phenoxy) is 2. The van der Waals surface area contributed by atoms with Crippen molar-refractivity contribution >= 4 is 34.1 Å². The zero-order valence-corrected chi connectivity index (χ0v) is 17.5. The van der Waals surface area contributed by atoms with Crippen molar-refractivity contribution in [3.05, 3.63) is 81.2 Å². The van der Waals surface area contributed by atoms with Gasteiger partial charge in [0, 0.05) is 29.3 Å². The summed E-state index contributed by atoms with van der Waals surface area (Å²) in [6, 6.07) is 15.7. The molecular formula is C22H17Cl2N3O3. The van der Waals surface area contributed by atoms with Crippen molar-refractivity contribution in [1.82, 2.24) is 14.8 Å². The lowest BCUT2D eigenvalue weighted by Gasteiger charge is -2.11. The van der Waals surface area contributed by atoms with Crippen molar-refractivity contribution in [2.24, 2.45) is 0 Å². The largest absolute Gasteiger partial charge is 0.497 e. The Bertz CT molecular complexity index is 1270. The molecule has 0 atom stereocenters. The molecule has 4 rings (SSSR count). The summed E-state index contributed by atoms with van der Waals surface area (Å²) in [7, 11) is 1.61. The number of hydrogen-bond acceptors (Lipinski definition) is 5. The second kappa shape index (κ2) is 8.73. The van der Waals surface area contributed by atoms with Gasteiger partial charge in [-0.15, -0.1) is 0 Å². The van der Waals surface area contributed by atoms with E-state index in [-0.39, 0.29) is 18.7 Å². The minimum atomic E-state index is -0.216. The van der Waals surface area contributed by atoms with Crippen LogP contribution in [0, 0.1) is 0 Å². The maximum absolute atomic E-state index is 12.2. The average molecular weight is 442 g/mol. The van der Waals surface area contributed by atoms with Gasteiger partial charge in [-0.1, -0.05) is 29.3 Å². The number of aromatic nitrogens is 3. The summed E-state index contributed by atoms with van der Waals surface area (Å²) < 4.78 is 12.5. The Morgan fingerprint density at radius 1 is 1.00 bits per heavy atom. The molecule has 0 amide bonds. The number of benzene rings is 2. The van der Waals surface area contributed by atoms with Gasteiger partial charge in [-0.2, -0.15) is 5.10 Å². The highest BCUT2D eigenvalue weighted by molar-refractivity contribution is 6.42. The van der Waals surface area contributed by atoms with Crippen molar-refractivity contribution in [3.8, 4) is 22.8 Å². The first-order valence-electron chi connectivity index (χ1n) is 9.14. The third kappa shape index (κ3) is 4.25. The summed E-state index contributed by atoms with van der Waals surface area (Å²) in [6.45, 7) is 0.552. The van der Waals surface area contributed by atoms with E-state index in [1.165, 1.54) is 10.7 Å². The molecule has 2 heterocycles. The molecule has 0 fully saturated rings. The quantitative estimate of drug-likeness (QED) is 0.427. The SMILES string of the molecule is COc1ccc2c(OCCn3nc(-c4ccc(Cl)c(Cl)c4)ccc3=O)ccnc2c1. The van der Waals surface area contributed by atoms with Crippen molar-refractivity contribution in [1.29, 1.82) is 0 Å². The first-order chi connectivity index (χ1) is 14.5. The van der Waals surface area contributed by atoms with Gasteiger partial charge in [-0.3, -0.25) is 9.78 Å². The Morgan fingerprint density at radius 2 is 1.87 bits per heavy atom. The van der Waals surface area contributed by atoms with Crippen LogP contribution in [0.25, 0.3) is 22.2 Å². The highest BCUT2D eigenvalue weighted by atomic mass is 35.5. The molecule has 0 saturated heterocycles. The zero-order chi connectivity index (χ0) is 21.1. The molecule has 0 spiro atoms. The van der Waals surface area contributed by atoms with E-state index < -0.39 is 0 Å². The van der Waals surface area contributed by atoms with E-state index in [1.807, 2.05) is 18.2 Å². The first kappa shape index (κ1) is 20.2. The summed E-state index contributed by atoms with van der Waals surface area (Å²) in [6.07, 6.45) is 1.67. The van der Waals surface area contributed by atoms with Crippen LogP contribution in [0.5, 0.6) is 11.5 Å². The van der Waals surface area contributed by atoms with E-state index in [0.29, 0.717) is 21.5 Å². The Morgan fingerprint density at radius 3 is 2.67 bits per heavy atom. The van der Waals surface area contributed by atoms with Crippen molar-refractivity contribution in [2.45, 2.75) is 6.54 Å². The summed E-state index contributed by atoms with van der Waals surface area (Å²) in [5, 5.41) is 6.18. The van der Waals surface area contributed by atoms with Crippen molar-refractivity contribution in [2.75, 3.05) is 13.7 Å². The lowest BCUT2D eigenvalue weighted by atomic mass is 10.1. The molecule has 0 N–H and O–H groups in total. The van der Waals surface area contributed by atoms with Gasteiger partial charge >= 0.3 is 0 Å². The van der Waals surface area contributed by atoms with Crippen LogP contribution in [-0.4, -0.2) is 28.5 Å². The van der Waals surface area contributed by atoms with Crippen LogP contribution in [0.4, 0.5) is 0 Å². The number of hydrogen-bond donors (Lipinski definition) is 0. The van der Waals surface area contributed by atoms with Gasteiger partial charge in [0.25, 0.3) is 5.56 Å². The molecule has 0 bridgehead atoms. The monoisotopic (exact) mass is 441 g/mol. The fourth-order valence-corrected chi connectivity index (χ4v) is 3.31. The molecule has 0 unspecified atom stereocenters. The fourth-order valence-electron chi connectivity index (χ4n) is 3.02. The number of fused-ring (bicyclic) bond motifs is 1. The summed E-state index contributed by atoms with van der Waals surface area (Å²) >= 11 is 12.1. The lowest BCUT2D eigenvalue weighted by molar-refractivity contribution is 0.291. The van der Waals surface area contributed by atoms with E-state index >= 15 is 0 Å². The van der Waals surface area contributed by atoms with E-state index in [9.17, 15) is 4.79 Å². The maximum Gasteiger partial charge on any atom is 0.266 e. The van der Waals surface area contributed by atoms with Gasteiger partial charge in [-0.05, 0) is 36.4 Å². The number of nitrogens with zero attached hydrogens (tertiary/aromatic N) is 3. The molecule has 0 saturated carbocycles. The molecule has 30 heavy (non-hydrogen) atoms. The van der Waals surface area contributed by atoms with Crippen molar-refractivity contribution in [3.63, 3.8) is 0 Å². The van der Waals surface area contributed by atoms with Gasteiger partial charge in [0.15, 0.2) is 0 Å². The second-order valence-corrected chi connectivity index (χ2v) is 7.26. The number of halogens is 2. The van der Waals surface area contributed by atoms with Crippen LogP contribution in [0.2, 0.25) is 10.0 Å². The molecule has 8 heteroatoms. The van der Waals surface area contributed by atoms with Gasteiger partial charge in [0.2, 0.25) is 0 Å². The minimum absolute atomic E-state index is 0.216. The van der Waals surface area contributed by atoms with Gasteiger partial charge in [0.05, 0.1) is 34.9 Å². The third-order valence-corrected chi connectivity index (χ3v) is 5.29. The summed E-state index contributed by atoms with van der Waals surface area (Å²) in [5.41, 5.74) is 1.94. The molecule has 152 valence electrons. The molecule has 0 radical (unpaired) electrons. The highest BCUT2D eigenvalue weighted by Gasteiger charge is 2.08. The van der Waals surface area contributed by atoms with Gasteiger partial charge < -0.3 is 9.47 Å². The Balaban J connectivity index is 1.52. The molecule has 6 nitrogen and oxygen atoms in total. The summed E-state index contributed by atoms with van der Waals surface area (Å²) in [4.78, 5) is 16.6. The second-order valence-electron chi connectivity index (χ2n) is 6.45. The van der Waals surface area contributed by atoms with Crippen molar-refractivity contribution < 1.29 is 9.47 Å². The van der Waals surface area contributed by atoms with Gasteiger partial charge in [0.1, 0.15) is 18.1 Å². The number of pyridine rings is 1. The molecular weight excluding hydrogens is 425 g/mol. The normalized spacial score (nSPS) is 10.9. The lowest BCUT2D eigenvalue weighted by Crippen LogP contribution is -2.25. The van der Waals surface area contributed by atoms with Crippen LogP contribution in [0.1, 0.15) is 0 Å². The minimum Gasteiger partial charge on any atom is -0.497 e. The van der Waals surface area contributed by atoms with Crippen LogP contribution < -0.4 is 15.0 Å². The van der Waals surface area contributed by atoms with E-state index in [0.717, 1.165) is 22.2 Å². The van der Waals surface area contributed by atoms with Crippen LogP contribution in [-0.2, 0) is 6.54 Å². The predicted molar refractivity (Wildman–Crippen MR) is 118 cm³/mol. The zero-order valence-electron chi connectivity index (χ0n) is 16.0. The highest BCUT2D eigenvalue weighted by Crippen LogP contribution is 2.28. The van der Waals surface area contributed by atoms with E-state index in [2.05, 4.69) is 10.1 Å². The predicted octanol–water partition coefficient (Wildman–Crippen LogP) is 4.85. The van der Waals surface area contributed by atoms with Gasteiger partial charge in [-0.25, -0.2) is 4.68 Å². The van der Waals surface area contributed by atoms with E-state index in [4.69, 9.17) is 32.7 Å².